The molecule has 0 bridgehead atoms. The molecule has 0 aromatic heterocycles. The maximum atomic E-state index is 10.4. The molecular weight excluding hydrogens is 297 g/mol. The Hall–Kier alpha value is -1.66. The Morgan fingerprint density at radius 1 is 1.00 bits per heavy atom. The number of hydrogen-bond acceptors (Lipinski definition) is 5. The van der Waals surface area contributed by atoms with Gasteiger partial charge in [0, 0.05) is 11.6 Å². The zero-order valence-corrected chi connectivity index (χ0v) is 11.9. The van der Waals surface area contributed by atoms with Gasteiger partial charge in [0.15, 0.2) is 11.5 Å². The lowest BCUT2D eigenvalue weighted by atomic mass is 10.1. The molecule has 0 saturated heterocycles. The van der Waals surface area contributed by atoms with Crippen molar-refractivity contribution in [2.75, 3.05) is 21.3 Å². The monoisotopic (exact) mass is 307 g/mol. The molecule has 1 aromatic rings. The van der Waals surface area contributed by atoms with E-state index in [1.165, 1.54) is 21.3 Å². The van der Waals surface area contributed by atoms with Crippen LogP contribution in [0.5, 0.6) is 17.2 Å². The molecule has 0 N–H and O–H groups in total. The van der Waals surface area contributed by atoms with Crippen LogP contribution in [0.3, 0.4) is 0 Å². The van der Waals surface area contributed by atoms with Crippen LogP contribution in [0.1, 0.15) is 5.56 Å². The van der Waals surface area contributed by atoms with Gasteiger partial charge in [-0.15, -0.1) is 0 Å². The lowest BCUT2D eigenvalue weighted by Crippen LogP contribution is -1.98. The number of methoxy groups -OCH3 is 3. The second-order valence-corrected chi connectivity index (χ2v) is 4.00. The Kier molecular flexibility index (Phi) is 5.26. The van der Waals surface area contributed by atoms with Crippen LogP contribution in [0.15, 0.2) is 6.20 Å². The van der Waals surface area contributed by atoms with Crippen molar-refractivity contribution in [2.45, 2.75) is 0 Å². The molecule has 0 unspecified atom stereocenters. The molecule has 0 aliphatic rings. The second-order valence-electron chi connectivity index (χ2n) is 3.24. The van der Waals surface area contributed by atoms with Crippen LogP contribution in [-0.2, 0) is 0 Å². The first-order chi connectivity index (χ1) is 8.97. The highest BCUT2D eigenvalue weighted by Gasteiger charge is 2.23. The highest BCUT2D eigenvalue weighted by atomic mass is 35.5. The molecule has 0 aliphatic heterocycles. The summed E-state index contributed by atoms with van der Waals surface area (Å²) in [6.07, 6.45) is 1.88. The highest BCUT2D eigenvalue weighted by Crippen LogP contribution is 2.50. The van der Waals surface area contributed by atoms with Crippen molar-refractivity contribution < 1.29 is 19.1 Å². The van der Waals surface area contributed by atoms with Crippen LogP contribution in [0.25, 0.3) is 6.08 Å². The minimum absolute atomic E-state index is 0.100. The molecule has 0 amide bonds. The second kappa shape index (κ2) is 6.49. The zero-order chi connectivity index (χ0) is 14.6. The summed E-state index contributed by atoms with van der Waals surface area (Å²) < 4.78 is 15.3. The minimum atomic E-state index is -0.629. The van der Waals surface area contributed by atoms with Crippen LogP contribution in [0.4, 0.5) is 0 Å². The normalized spacial score (nSPS) is 10.6. The lowest BCUT2D eigenvalue weighted by Gasteiger charge is -2.16. The number of halogens is 2. The van der Waals surface area contributed by atoms with E-state index in [2.05, 4.69) is 0 Å². The third kappa shape index (κ3) is 3.02. The van der Waals surface area contributed by atoms with E-state index in [1.54, 1.807) is 0 Å². The molecule has 8 heteroatoms. The smallest absolute Gasteiger partial charge is 0.235 e. The van der Waals surface area contributed by atoms with Crippen molar-refractivity contribution >= 4 is 29.3 Å². The highest BCUT2D eigenvalue weighted by molar-refractivity contribution is 6.39. The molecule has 0 spiro atoms. The summed E-state index contributed by atoms with van der Waals surface area (Å²) in [4.78, 5) is 9.74. The number of benzene rings is 1. The van der Waals surface area contributed by atoms with Crippen LogP contribution in [0.2, 0.25) is 10.0 Å². The van der Waals surface area contributed by atoms with Crippen molar-refractivity contribution in [1.82, 2.24) is 0 Å². The SMILES string of the molecule is COc1c(Cl)c(/C=C/[N+](=O)[O-])c(Cl)c(OC)c1OC. The maximum Gasteiger partial charge on any atom is 0.235 e. The minimum Gasteiger partial charge on any atom is -0.491 e. The van der Waals surface area contributed by atoms with E-state index >= 15 is 0 Å². The van der Waals surface area contributed by atoms with Crippen molar-refractivity contribution in [3.05, 3.63) is 31.9 Å². The third-order valence-electron chi connectivity index (χ3n) is 2.26. The number of nitrogens with zero attached hydrogens (tertiary/aromatic N) is 1. The molecule has 0 radical (unpaired) electrons. The molecule has 19 heavy (non-hydrogen) atoms. The summed E-state index contributed by atoms with van der Waals surface area (Å²) in [5.74, 6) is 0.597. The molecule has 1 aromatic carbocycles. The van der Waals surface area contributed by atoms with Crippen molar-refractivity contribution in [3.63, 3.8) is 0 Å². The van der Waals surface area contributed by atoms with Crippen molar-refractivity contribution in [3.8, 4) is 17.2 Å². The van der Waals surface area contributed by atoms with E-state index in [0.717, 1.165) is 12.3 Å². The van der Waals surface area contributed by atoms with Crippen LogP contribution >= 0.6 is 23.2 Å². The molecule has 0 saturated carbocycles. The fraction of sp³-hybridized carbons (Fsp3) is 0.273. The summed E-state index contributed by atoms with van der Waals surface area (Å²) in [5.41, 5.74) is 0.217. The van der Waals surface area contributed by atoms with Gasteiger partial charge < -0.3 is 14.2 Å². The van der Waals surface area contributed by atoms with Gasteiger partial charge in [-0.2, -0.15) is 0 Å². The van der Waals surface area contributed by atoms with Gasteiger partial charge in [-0.25, -0.2) is 0 Å². The van der Waals surface area contributed by atoms with Crippen LogP contribution in [0, 0.1) is 10.1 Å². The van der Waals surface area contributed by atoms with Gasteiger partial charge in [0.05, 0.1) is 36.3 Å². The zero-order valence-electron chi connectivity index (χ0n) is 10.4. The topological polar surface area (TPSA) is 70.8 Å². The van der Waals surface area contributed by atoms with Gasteiger partial charge in [-0.3, -0.25) is 10.1 Å². The van der Waals surface area contributed by atoms with E-state index in [0.29, 0.717) is 0 Å². The predicted molar refractivity (Wildman–Crippen MR) is 72.1 cm³/mol. The average molecular weight is 308 g/mol. The number of ether oxygens (including phenoxy) is 3. The third-order valence-corrected chi connectivity index (χ3v) is 3.01. The Morgan fingerprint density at radius 2 is 1.42 bits per heavy atom. The molecule has 104 valence electrons. The molecule has 0 atom stereocenters. The Balaban J connectivity index is 3.60. The first kappa shape index (κ1) is 15.4. The van der Waals surface area contributed by atoms with Gasteiger partial charge >= 0.3 is 0 Å². The molecule has 0 aliphatic carbocycles. The fourth-order valence-electron chi connectivity index (χ4n) is 1.48. The van der Waals surface area contributed by atoms with E-state index < -0.39 is 4.92 Å². The van der Waals surface area contributed by atoms with Crippen LogP contribution < -0.4 is 14.2 Å². The number of hydrogen-bond donors (Lipinski definition) is 0. The fourth-order valence-corrected chi connectivity index (χ4v) is 2.16. The van der Waals surface area contributed by atoms with E-state index in [9.17, 15) is 10.1 Å². The first-order valence-electron chi connectivity index (χ1n) is 4.96. The van der Waals surface area contributed by atoms with E-state index in [1.807, 2.05) is 0 Å². The Labute approximate surface area is 119 Å². The average Bonchev–Trinajstić information content (AvgIpc) is 2.37. The predicted octanol–water partition coefficient (Wildman–Crippen LogP) is 3.27. The molecule has 0 heterocycles. The lowest BCUT2D eigenvalue weighted by molar-refractivity contribution is -0.400. The van der Waals surface area contributed by atoms with Gasteiger partial charge in [0.2, 0.25) is 11.9 Å². The first-order valence-corrected chi connectivity index (χ1v) is 5.72. The van der Waals surface area contributed by atoms with Gasteiger partial charge in [-0.05, 0) is 0 Å². The van der Waals surface area contributed by atoms with Gasteiger partial charge in [0.1, 0.15) is 0 Å². The molecule has 6 nitrogen and oxygen atoms in total. The largest absolute Gasteiger partial charge is 0.491 e. The summed E-state index contributed by atoms with van der Waals surface area (Å²) in [6, 6.07) is 0. The van der Waals surface area contributed by atoms with Crippen LogP contribution in [-0.4, -0.2) is 26.3 Å². The quantitative estimate of drug-likeness (QED) is 0.616. The maximum absolute atomic E-state index is 10.4. The molecule has 0 fully saturated rings. The summed E-state index contributed by atoms with van der Waals surface area (Å²) >= 11 is 12.2. The van der Waals surface area contributed by atoms with Crippen molar-refractivity contribution in [2.24, 2.45) is 0 Å². The number of nitro groups is 1. The Morgan fingerprint density at radius 3 is 1.74 bits per heavy atom. The van der Waals surface area contributed by atoms with Gasteiger partial charge in [0.25, 0.3) is 0 Å². The molecular formula is C11H11Cl2NO5. The molecule has 1 rings (SSSR count). The number of rotatable bonds is 5. The van der Waals surface area contributed by atoms with Gasteiger partial charge in [-0.1, -0.05) is 23.2 Å². The van der Waals surface area contributed by atoms with Crippen molar-refractivity contribution in [1.29, 1.82) is 0 Å². The standard InChI is InChI=1S/C11H11Cl2NO5/c1-17-9-7(12)6(4-5-14(15)16)8(13)10(18-2)11(9)19-3/h4-5H,1-3H3/b5-4+. The van der Waals surface area contributed by atoms with E-state index in [-0.39, 0.29) is 32.9 Å². The Bertz CT molecular complexity index is 499. The summed E-state index contributed by atoms with van der Waals surface area (Å²) in [5, 5.41) is 10.6. The summed E-state index contributed by atoms with van der Waals surface area (Å²) in [6.45, 7) is 0. The summed E-state index contributed by atoms with van der Waals surface area (Å²) in [7, 11) is 4.18. The van der Waals surface area contributed by atoms with E-state index in [4.69, 9.17) is 37.4 Å².